The summed E-state index contributed by atoms with van der Waals surface area (Å²) >= 11 is 0. The summed E-state index contributed by atoms with van der Waals surface area (Å²) in [4.78, 5) is 2.47. The maximum Gasteiger partial charge on any atom is 0.0947 e. The van der Waals surface area contributed by atoms with E-state index in [0.717, 1.165) is 45.2 Å². The molecular weight excluding hydrogens is 290 g/mol. The molecule has 1 unspecified atom stereocenters. The second kappa shape index (κ2) is 6.89. The molecule has 2 aromatic rings. The number of hydrogen-bond acceptors (Lipinski definition) is 4. The molecule has 2 aromatic heterocycles. The Bertz CT molecular complexity index is 604. The van der Waals surface area contributed by atoms with Crippen molar-refractivity contribution in [2.75, 3.05) is 19.8 Å². The average molecular weight is 315 g/mol. The first-order valence-electron chi connectivity index (χ1n) is 8.72. The summed E-state index contributed by atoms with van der Waals surface area (Å²) in [5.74, 6) is 0.819. The van der Waals surface area contributed by atoms with E-state index in [1.807, 2.05) is 18.5 Å². The Balaban J connectivity index is 1.33. The summed E-state index contributed by atoms with van der Waals surface area (Å²) in [5.41, 5.74) is 2.53. The summed E-state index contributed by atoms with van der Waals surface area (Å²) in [6.45, 7) is 4.68. The van der Waals surface area contributed by atoms with Crippen LogP contribution < -0.4 is 0 Å². The summed E-state index contributed by atoms with van der Waals surface area (Å²) in [6.07, 6.45) is 10.6. The second-order valence-corrected chi connectivity index (χ2v) is 6.88. The molecule has 5 nitrogen and oxygen atoms in total. The summed E-state index contributed by atoms with van der Waals surface area (Å²) in [5, 5.41) is 4.53. The predicted molar refractivity (Wildman–Crippen MR) is 86.9 cm³/mol. The third-order valence-corrected chi connectivity index (χ3v) is 5.11. The van der Waals surface area contributed by atoms with Crippen molar-refractivity contribution in [1.29, 1.82) is 0 Å². The first-order valence-corrected chi connectivity index (χ1v) is 8.72. The topological polar surface area (TPSA) is 43.4 Å². The zero-order valence-electron chi connectivity index (χ0n) is 13.6. The van der Waals surface area contributed by atoms with Gasteiger partial charge in [-0.3, -0.25) is 9.58 Å². The molecule has 0 aromatic carbocycles. The fraction of sp³-hybridized carbons (Fsp3) is 0.611. The molecule has 1 fully saturated rings. The molecule has 0 amide bonds. The van der Waals surface area contributed by atoms with Gasteiger partial charge in [0.1, 0.15) is 0 Å². The number of nitrogens with zero attached hydrogens (tertiary/aromatic N) is 3. The lowest BCUT2D eigenvalue weighted by molar-refractivity contribution is 0.0537. The molecule has 1 aliphatic carbocycles. The van der Waals surface area contributed by atoms with E-state index < -0.39 is 0 Å². The van der Waals surface area contributed by atoms with Crippen molar-refractivity contribution < 1.29 is 9.15 Å². The average Bonchev–Trinajstić information content (AvgIpc) is 3.16. The molecule has 124 valence electrons. The van der Waals surface area contributed by atoms with Crippen LogP contribution in [0, 0.1) is 5.92 Å². The van der Waals surface area contributed by atoms with Crippen molar-refractivity contribution in [2.45, 2.75) is 44.8 Å². The van der Waals surface area contributed by atoms with Crippen LogP contribution in [0.5, 0.6) is 0 Å². The van der Waals surface area contributed by atoms with Crippen LogP contribution in [0.1, 0.15) is 43.0 Å². The van der Waals surface area contributed by atoms with Crippen molar-refractivity contribution in [3.8, 4) is 0 Å². The first-order chi connectivity index (χ1) is 11.4. The van der Waals surface area contributed by atoms with Gasteiger partial charge >= 0.3 is 0 Å². The van der Waals surface area contributed by atoms with Crippen LogP contribution in [-0.2, 0) is 17.8 Å². The molecule has 1 saturated carbocycles. The molecule has 2 aliphatic rings. The van der Waals surface area contributed by atoms with Crippen molar-refractivity contribution in [2.24, 2.45) is 5.92 Å². The second-order valence-electron chi connectivity index (χ2n) is 6.88. The van der Waals surface area contributed by atoms with Crippen molar-refractivity contribution in [3.63, 3.8) is 0 Å². The van der Waals surface area contributed by atoms with Gasteiger partial charge < -0.3 is 9.15 Å². The van der Waals surface area contributed by atoms with Crippen molar-refractivity contribution >= 4 is 0 Å². The van der Waals surface area contributed by atoms with Crippen LogP contribution >= 0.6 is 0 Å². The van der Waals surface area contributed by atoms with E-state index in [1.165, 1.54) is 30.5 Å². The van der Waals surface area contributed by atoms with Crippen LogP contribution in [-0.4, -0.2) is 34.4 Å². The minimum atomic E-state index is 0.405. The Hall–Kier alpha value is -1.59. The van der Waals surface area contributed by atoms with E-state index in [1.54, 1.807) is 6.26 Å². The number of rotatable bonds is 7. The predicted octanol–water partition coefficient (Wildman–Crippen LogP) is 3.24. The van der Waals surface area contributed by atoms with Gasteiger partial charge in [0.25, 0.3) is 0 Å². The normalized spacial score (nSPS) is 22.0. The van der Waals surface area contributed by atoms with Crippen LogP contribution in [0.2, 0.25) is 0 Å². The van der Waals surface area contributed by atoms with E-state index in [2.05, 4.69) is 20.7 Å². The van der Waals surface area contributed by atoms with Crippen LogP contribution in [0.3, 0.4) is 0 Å². The van der Waals surface area contributed by atoms with Gasteiger partial charge in [-0.15, -0.1) is 0 Å². The molecule has 0 saturated heterocycles. The minimum absolute atomic E-state index is 0.405. The van der Waals surface area contributed by atoms with E-state index in [4.69, 9.17) is 9.15 Å². The molecule has 1 atom stereocenters. The zero-order chi connectivity index (χ0) is 15.5. The summed E-state index contributed by atoms with van der Waals surface area (Å²) in [6, 6.07) is 4.58. The van der Waals surface area contributed by atoms with Crippen LogP contribution in [0.15, 0.2) is 35.3 Å². The Morgan fingerprint density at radius 1 is 1.30 bits per heavy atom. The van der Waals surface area contributed by atoms with Crippen LogP contribution in [0.4, 0.5) is 0 Å². The highest BCUT2D eigenvalue weighted by Crippen LogP contribution is 2.27. The van der Waals surface area contributed by atoms with E-state index in [9.17, 15) is 0 Å². The highest BCUT2D eigenvalue weighted by Gasteiger charge is 2.26. The van der Waals surface area contributed by atoms with Gasteiger partial charge in [0, 0.05) is 44.6 Å². The monoisotopic (exact) mass is 315 g/mol. The fourth-order valence-corrected chi connectivity index (χ4v) is 3.57. The molecule has 0 radical (unpaired) electrons. The van der Waals surface area contributed by atoms with Gasteiger partial charge in [0.2, 0.25) is 0 Å². The molecule has 4 rings (SSSR count). The van der Waals surface area contributed by atoms with Gasteiger partial charge in [-0.05, 0) is 37.3 Å². The number of fused-ring (bicyclic) bond motifs is 1. The molecule has 1 aliphatic heterocycles. The van der Waals surface area contributed by atoms with Gasteiger partial charge in [-0.2, -0.15) is 5.10 Å². The lowest BCUT2D eigenvalue weighted by Gasteiger charge is -2.34. The number of hydrogen-bond donors (Lipinski definition) is 0. The van der Waals surface area contributed by atoms with E-state index in [0.29, 0.717) is 6.04 Å². The minimum Gasteiger partial charge on any atom is -0.472 e. The number of furan rings is 1. The maximum atomic E-state index is 5.90. The van der Waals surface area contributed by atoms with Gasteiger partial charge in [0.05, 0.1) is 24.3 Å². The largest absolute Gasteiger partial charge is 0.472 e. The Morgan fingerprint density at radius 3 is 3.04 bits per heavy atom. The number of aromatic nitrogens is 2. The zero-order valence-corrected chi connectivity index (χ0v) is 13.6. The summed E-state index contributed by atoms with van der Waals surface area (Å²) < 4.78 is 13.3. The fourth-order valence-electron chi connectivity index (χ4n) is 3.57. The van der Waals surface area contributed by atoms with Crippen molar-refractivity contribution in [3.05, 3.63) is 42.1 Å². The summed E-state index contributed by atoms with van der Waals surface area (Å²) in [7, 11) is 0. The van der Waals surface area contributed by atoms with Gasteiger partial charge in [-0.1, -0.05) is 6.42 Å². The smallest absolute Gasteiger partial charge is 0.0947 e. The molecule has 0 spiro atoms. The Labute approximate surface area is 137 Å². The third-order valence-electron chi connectivity index (χ3n) is 5.11. The quantitative estimate of drug-likeness (QED) is 0.736. The first kappa shape index (κ1) is 15.0. The van der Waals surface area contributed by atoms with E-state index in [-0.39, 0.29) is 0 Å². The highest BCUT2D eigenvalue weighted by atomic mass is 16.5. The van der Waals surface area contributed by atoms with Crippen LogP contribution in [0.25, 0.3) is 0 Å². The van der Waals surface area contributed by atoms with Crippen molar-refractivity contribution in [1.82, 2.24) is 14.7 Å². The van der Waals surface area contributed by atoms with Gasteiger partial charge in [0.15, 0.2) is 0 Å². The number of ether oxygens (including phenoxy) is 1. The molecule has 5 heteroatoms. The standard InChI is InChI=1S/C18H25N3O2/c1-2-15(3-1)13-23-9-6-18-12-20(10-16-5-8-22-14-16)11-17-4-7-19-21(17)18/h4-5,7-8,14-15,18H,1-3,6,9-13H2. The molecular formula is C18H25N3O2. The Morgan fingerprint density at radius 2 is 2.26 bits per heavy atom. The molecule has 0 N–H and O–H groups in total. The third kappa shape index (κ3) is 3.51. The molecule has 23 heavy (non-hydrogen) atoms. The van der Waals surface area contributed by atoms with E-state index >= 15 is 0 Å². The maximum absolute atomic E-state index is 5.90. The molecule has 3 heterocycles. The lowest BCUT2D eigenvalue weighted by atomic mass is 9.86. The SMILES string of the molecule is c1cc2n(n1)C(CCOCC1CCC1)CN(Cc1ccoc1)C2. The Kier molecular flexibility index (Phi) is 4.48. The molecule has 0 bridgehead atoms. The highest BCUT2D eigenvalue weighted by molar-refractivity contribution is 5.09. The lowest BCUT2D eigenvalue weighted by Crippen LogP contribution is -2.37. The van der Waals surface area contributed by atoms with Gasteiger partial charge in [-0.25, -0.2) is 0 Å².